The van der Waals surface area contributed by atoms with Crippen molar-refractivity contribution in [3.8, 4) is 0 Å². The number of hydrogen-bond donors (Lipinski definition) is 1. The van der Waals surface area contributed by atoms with Crippen molar-refractivity contribution in [2.75, 3.05) is 34.4 Å². The van der Waals surface area contributed by atoms with Crippen LogP contribution in [0.4, 0.5) is 0 Å². The largest absolute Gasteiger partial charge is 0.472 e. The van der Waals surface area contributed by atoms with Gasteiger partial charge in [-0.15, -0.1) is 0 Å². The number of nitrogens with zero attached hydrogens (tertiary/aromatic N) is 1. The lowest BCUT2D eigenvalue weighted by atomic mass is 9.94. The van der Waals surface area contributed by atoms with Crippen LogP contribution in [0, 0.1) is 0 Å². The maximum atomic E-state index is 11.7. The third kappa shape index (κ3) is 2.86. The second-order valence-electron chi connectivity index (χ2n) is 4.85. The highest BCUT2D eigenvalue weighted by atomic mass is 31.2. The van der Waals surface area contributed by atoms with E-state index in [1.54, 1.807) is 12.1 Å². The van der Waals surface area contributed by atoms with Crippen molar-refractivity contribution < 1.29 is 32.8 Å². The van der Waals surface area contributed by atoms with Gasteiger partial charge in [-0.1, -0.05) is 0 Å². The average molecular weight is 297 g/mol. The zero-order chi connectivity index (χ0) is 14.3. The number of methoxy groups -OCH3 is 1. The first-order chi connectivity index (χ1) is 8.83. The molecule has 2 saturated heterocycles. The lowest BCUT2D eigenvalue weighted by Gasteiger charge is -2.41. The van der Waals surface area contributed by atoms with Gasteiger partial charge in [0.1, 0.15) is 17.8 Å². The Bertz CT molecular complexity index is 377. The minimum absolute atomic E-state index is 0.232. The molecule has 0 spiro atoms. The molecule has 8 nitrogen and oxygen atoms in total. The van der Waals surface area contributed by atoms with Gasteiger partial charge in [0.15, 0.2) is 0 Å². The molecule has 0 amide bonds. The second-order valence-corrected chi connectivity index (χ2v) is 6.37. The number of fused-ring (bicyclic) bond motifs is 2. The SMILES string of the molecule is COCC12CN(C)OC(C(C)O1)[C@@H]2OP(=O)(O)OC. The summed E-state index contributed by atoms with van der Waals surface area (Å²) in [5.74, 6) is 0. The molecule has 0 radical (unpaired) electrons. The van der Waals surface area contributed by atoms with E-state index in [-0.39, 0.29) is 12.7 Å². The van der Waals surface area contributed by atoms with Crippen LogP contribution in [0.3, 0.4) is 0 Å². The maximum absolute atomic E-state index is 11.7. The van der Waals surface area contributed by atoms with Crippen molar-refractivity contribution in [1.29, 1.82) is 0 Å². The topological polar surface area (TPSA) is 86.7 Å². The minimum Gasteiger partial charge on any atom is -0.382 e. The number of likely N-dealkylation sites (N-methyl/N-ethyl adjacent to an activating group) is 1. The monoisotopic (exact) mass is 297 g/mol. The average Bonchev–Trinajstić information content (AvgIpc) is 2.47. The molecule has 0 aromatic rings. The molecule has 9 heteroatoms. The van der Waals surface area contributed by atoms with Crippen LogP contribution in [0.1, 0.15) is 6.92 Å². The fourth-order valence-corrected chi connectivity index (χ4v) is 3.37. The number of phosphoric acid groups is 1. The Morgan fingerprint density at radius 1 is 1.53 bits per heavy atom. The molecule has 2 fully saturated rings. The van der Waals surface area contributed by atoms with Crippen LogP contribution in [-0.4, -0.2) is 68.3 Å². The van der Waals surface area contributed by atoms with E-state index >= 15 is 0 Å². The first-order valence-electron chi connectivity index (χ1n) is 5.95. The Kier molecular flexibility index (Phi) is 4.35. The van der Waals surface area contributed by atoms with Crippen molar-refractivity contribution in [2.45, 2.75) is 30.8 Å². The Hall–Kier alpha value is -0.0500. The highest BCUT2D eigenvalue weighted by Crippen LogP contribution is 2.51. The number of hydrogen-bond acceptors (Lipinski definition) is 7. The molecule has 0 aromatic carbocycles. The third-order valence-corrected chi connectivity index (χ3v) is 4.31. The van der Waals surface area contributed by atoms with Crippen molar-refractivity contribution in [3.05, 3.63) is 0 Å². The molecule has 0 aromatic heterocycles. The summed E-state index contributed by atoms with van der Waals surface area (Å²) in [6, 6.07) is 0. The van der Waals surface area contributed by atoms with Crippen LogP contribution in [0.5, 0.6) is 0 Å². The molecule has 112 valence electrons. The van der Waals surface area contributed by atoms with Gasteiger partial charge in [0, 0.05) is 21.3 Å². The molecule has 4 unspecified atom stereocenters. The summed E-state index contributed by atoms with van der Waals surface area (Å²) in [7, 11) is 0.301. The Balaban J connectivity index is 2.27. The maximum Gasteiger partial charge on any atom is 0.472 e. The predicted octanol–water partition coefficient (Wildman–Crippen LogP) is 0.168. The molecule has 2 bridgehead atoms. The number of phosphoric ester groups is 1. The van der Waals surface area contributed by atoms with Crippen LogP contribution >= 0.6 is 7.82 Å². The standard InChI is InChI=1S/C10H20NO7P/c1-7-8-9(18-19(12,13)15-4)10(16-7,6-14-3)5-11(2)17-8/h7-9H,5-6H2,1-4H3,(H,12,13)/t7?,8?,9-,10?/m0/s1. The van der Waals surface area contributed by atoms with Gasteiger partial charge in [0.2, 0.25) is 0 Å². The summed E-state index contributed by atoms with van der Waals surface area (Å²) in [6.45, 7) is 2.43. The summed E-state index contributed by atoms with van der Waals surface area (Å²) < 4.78 is 32.4. The van der Waals surface area contributed by atoms with E-state index in [0.29, 0.717) is 6.54 Å². The first-order valence-corrected chi connectivity index (χ1v) is 7.45. The molecular weight excluding hydrogens is 277 g/mol. The van der Waals surface area contributed by atoms with Gasteiger partial charge in [-0.2, -0.15) is 5.06 Å². The van der Waals surface area contributed by atoms with Crippen molar-refractivity contribution in [2.24, 2.45) is 0 Å². The third-order valence-electron chi connectivity index (χ3n) is 3.36. The van der Waals surface area contributed by atoms with Crippen LogP contribution in [-0.2, 0) is 27.9 Å². The van der Waals surface area contributed by atoms with Gasteiger partial charge in [-0.05, 0) is 6.92 Å². The second kappa shape index (κ2) is 5.38. The van der Waals surface area contributed by atoms with Gasteiger partial charge < -0.3 is 14.4 Å². The van der Waals surface area contributed by atoms with E-state index in [4.69, 9.17) is 18.8 Å². The first kappa shape index (κ1) is 15.3. The van der Waals surface area contributed by atoms with Gasteiger partial charge >= 0.3 is 7.82 Å². The van der Waals surface area contributed by atoms with Crippen molar-refractivity contribution >= 4 is 7.82 Å². The summed E-state index contributed by atoms with van der Waals surface area (Å²) >= 11 is 0. The van der Waals surface area contributed by atoms with Crippen LogP contribution in [0.25, 0.3) is 0 Å². The summed E-state index contributed by atoms with van der Waals surface area (Å²) in [5.41, 5.74) is -0.844. The minimum atomic E-state index is -4.12. The lowest BCUT2D eigenvalue weighted by Crippen LogP contribution is -2.59. The Morgan fingerprint density at radius 2 is 2.21 bits per heavy atom. The Labute approximate surface area is 112 Å². The molecule has 5 atom stereocenters. The van der Waals surface area contributed by atoms with E-state index in [9.17, 15) is 9.46 Å². The molecule has 2 aliphatic rings. The summed E-state index contributed by atoms with van der Waals surface area (Å²) in [4.78, 5) is 15.1. The zero-order valence-corrected chi connectivity index (χ0v) is 12.3. The Morgan fingerprint density at radius 3 is 2.79 bits per heavy atom. The van der Waals surface area contributed by atoms with E-state index in [2.05, 4.69) is 4.52 Å². The molecule has 2 aliphatic heterocycles. The number of hydroxylamine groups is 2. The van der Waals surface area contributed by atoms with Crippen LogP contribution in [0.15, 0.2) is 0 Å². The lowest BCUT2D eigenvalue weighted by molar-refractivity contribution is -0.253. The van der Waals surface area contributed by atoms with Gasteiger partial charge in [-0.3, -0.25) is 13.9 Å². The quantitative estimate of drug-likeness (QED) is 0.719. The molecule has 1 N–H and O–H groups in total. The molecule has 0 saturated carbocycles. The van der Waals surface area contributed by atoms with Crippen molar-refractivity contribution in [3.63, 3.8) is 0 Å². The van der Waals surface area contributed by atoms with Crippen molar-refractivity contribution in [1.82, 2.24) is 5.06 Å². The van der Waals surface area contributed by atoms with E-state index in [1.807, 2.05) is 6.92 Å². The smallest absolute Gasteiger partial charge is 0.382 e. The van der Waals surface area contributed by atoms with Crippen LogP contribution < -0.4 is 0 Å². The van der Waals surface area contributed by atoms with Gasteiger partial charge in [-0.25, -0.2) is 4.57 Å². The summed E-state index contributed by atoms with van der Waals surface area (Å²) in [6.07, 6.45) is -1.49. The van der Waals surface area contributed by atoms with E-state index in [0.717, 1.165) is 7.11 Å². The highest BCUT2D eigenvalue weighted by Gasteiger charge is 2.61. The fourth-order valence-electron chi connectivity index (χ4n) is 2.69. The van der Waals surface area contributed by atoms with Gasteiger partial charge in [0.05, 0.1) is 19.3 Å². The number of ether oxygens (including phenoxy) is 2. The predicted molar refractivity (Wildman–Crippen MR) is 64.4 cm³/mol. The summed E-state index contributed by atoms with van der Waals surface area (Å²) in [5, 5.41) is 1.63. The highest BCUT2D eigenvalue weighted by molar-refractivity contribution is 7.47. The molecule has 0 aliphatic carbocycles. The van der Waals surface area contributed by atoms with Gasteiger partial charge in [0.25, 0.3) is 0 Å². The molecule has 19 heavy (non-hydrogen) atoms. The van der Waals surface area contributed by atoms with E-state index < -0.39 is 25.6 Å². The number of rotatable bonds is 5. The molecule has 2 rings (SSSR count). The van der Waals surface area contributed by atoms with E-state index in [1.165, 1.54) is 7.11 Å². The molecular formula is C10H20NO7P. The fraction of sp³-hybridized carbons (Fsp3) is 1.00. The normalized spacial score (nSPS) is 42.3. The van der Waals surface area contributed by atoms with Crippen LogP contribution in [0.2, 0.25) is 0 Å². The zero-order valence-electron chi connectivity index (χ0n) is 11.4. The molecule has 2 heterocycles.